The molecular formula is C28H22O. The van der Waals surface area contributed by atoms with Gasteiger partial charge in [0.2, 0.25) is 0 Å². The third kappa shape index (κ3) is 2.82. The molecule has 0 fully saturated rings. The summed E-state index contributed by atoms with van der Waals surface area (Å²) < 4.78 is 0. The van der Waals surface area contributed by atoms with Crippen LogP contribution in [0.25, 0.3) is 22.3 Å². The van der Waals surface area contributed by atoms with Crippen LogP contribution < -0.4 is 0 Å². The molecule has 0 atom stereocenters. The van der Waals surface area contributed by atoms with Gasteiger partial charge in [-0.2, -0.15) is 0 Å². The Morgan fingerprint density at radius 1 is 0.586 bits per heavy atom. The highest BCUT2D eigenvalue weighted by molar-refractivity contribution is 6.09. The van der Waals surface area contributed by atoms with Gasteiger partial charge in [-0.3, -0.25) is 4.79 Å². The van der Waals surface area contributed by atoms with Crippen molar-refractivity contribution >= 4 is 5.78 Å². The molecule has 0 N–H and O–H groups in total. The Hall–Kier alpha value is -3.45. The summed E-state index contributed by atoms with van der Waals surface area (Å²) in [6.07, 6.45) is 0. The van der Waals surface area contributed by atoms with Gasteiger partial charge in [-0.15, -0.1) is 0 Å². The van der Waals surface area contributed by atoms with Gasteiger partial charge < -0.3 is 0 Å². The van der Waals surface area contributed by atoms with Crippen molar-refractivity contribution in [2.24, 2.45) is 0 Å². The van der Waals surface area contributed by atoms with Gasteiger partial charge in [0.05, 0.1) is 0 Å². The van der Waals surface area contributed by atoms with E-state index in [1.54, 1.807) is 0 Å². The van der Waals surface area contributed by atoms with Crippen LogP contribution in [0.1, 0.15) is 40.9 Å². The molecule has 0 saturated heterocycles. The second-order valence-corrected chi connectivity index (χ2v) is 8.20. The summed E-state index contributed by atoms with van der Waals surface area (Å²) in [6, 6.07) is 32.8. The first-order valence-electron chi connectivity index (χ1n) is 10.0. The molecule has 5 rings (SSSR count). The van der Waals surface area contributed by atoms with Crippen molar-refractivity contribution in [3.05, 3.63) is 119 Å². The second-order valence-electron chi connectivity index (χ2n) is 8.20. The summed E-state index contributed by atoms with van der Waals surface area (Å²) in [5.74, 6) is 0.0687. The van der Waals surface area contributed by atoms with E-state index in [2.05, 4.69) is 62.4 Å². The Balaban J connectivity index is 1.50. The molecule has 29 heavy (non-hydrogen) atoms. The van der Waals surface area contributed by atoms with Gasteiger partial charge in [-0.25, -0.2) is 0 Å². The molecule has 140 valence electrons. The molecule has 0 saturated carbocycles. The maximum absolute atomic E-state index is 13.2. The van der Waals surface area contributed by atoms with Gasteiger partial charge in [-0.05, 0) is 39.4 Å². The average Bonchev–Trinajstić information content (AvgIpc) is 3.01. The molecule has 0 aromatic heterocycles. The van der Waals surface area contributed by atoms with Crippen LogP contribution in [0.2, 0.25) is 0 Å². The van der Waals surface area contributed by atoms with E-state index in [4.69, 9.17) is 0 Å². The molecule has 0 heterocycles. The van der Waals surface area contributed by atoms with Crippen LogP contribution in [-0.4, -0.2) is 5.78 Å². The number of benzene rings is 4. The Morgan fingerprint density at radius 3 is 1.93 bits per heavy atom. The topological polar surface area (TPSA) is 17.1 Å². The van der Waals surface area contributed by atoms with Crippen LogP contribution in [0, 0.1) is 0 Å². The first kappa shape index (κ1) is 17.6. The van der Waals surface area contributed by atoms with Crippen molar-refractivity contribution < 1.29 is 4.79 Å². The molecule has 4 aromatic rings. The van der Waals surface area contributed by atoms with Crippen molar-refractivity contribution in [1.29, 1.82) is 0 Å². The van der Waals surface area contributed by atoms with E-state index in [0.29, 0.717) is 0 Å². The SMILES string of the molecule is CC1(C)c2ccccc2-c2ccc(C(=O)c3ccc(-c4ccccc4)cc3)cc21. The molecule has 0 spiro atoms. The Kier molecular flexibility index (Phi) is 3.99. The molecule has 0 bridgehead atoms. The van der Waals surface area contributed by atoms with Crippen molar-refractivity contribution in [2.75, 3.05) is 0 Å². The zero-order chi connectivity index (χ0) is 20.0. The van der Waals surface area contributed by atoms with E-state index in [1.807, 2.05) is 48.5 Å². The van der Waals surface area contributed by atoms with E-state index in [-0.39, 0.29) is 11.2 Å². The van der Waals surface area contributed by atoms with Crippen LogP contribution in [0.5, 0.6) is 0 Å². The number of rotatable bonds is 3. The molecule has 1 heteroatoms. The summed E-state index contributed by atoms with van der Waals surface area (Å²) in [4.78, 5) is 13.2. The molecule has 4 aromatic carbocycles. The monoisotopic (exact) mass is 374 g/mol. The minimum Gasteiger partial charge on any atom is -0.289 e. The van der Waals surface area contributed by atoms with Crippen molar-refractivity contribution in [3.8, 4) is 22.3 Å². The lowest BCUT2D eigenvalue weighted by atomic mass is 9.81. The van der Waals surface area contributed by atoms with Gasteiger partial charge >= 0.3 is 0 Å². The lowest BCUT2D eigenvalue weighted by Crippen LogP contribution is -2.15. The van der Waals surface area contributed by atoms with Crippen LogP contribution in [-0.2, 0) is 5.41 Å². The van der Waals surface area contributed by atoms with E-state index >= 15 is 0 Å². The van der Waals surface area contributed by atoms with Crippen LogP contribution >= 0.6 is 0 Å². The van der Waals surface area contributed by atoms with Crippen LogP contribution in [0.3, 0.4) is 0 Å². The fraction of sp³-hybridized carbons (Fsp3) is 0.107. The van der Waals surface area contributed by atoms with Crippen LogP contribution in [0.15, 0.2) is 97.1 Å². The minimum absolute atomic E-state index is 0.0687. The van der Waals surface area contributed by atoms with Gasteiger partial charge in [0, 0.05) is 16.5 Å². The average molecular weight is 374 g/mol. The maximum atomic E-state index is 13.2. The van der Waals surface area contributed by atoms with Gasteiger partial charge in [-0.1, -0.05) is 105 Å². The second kappa shape index (κ2) is 6.56. The Labute approximate surface area is 171 Å². The summed E-state index contributed by atoms with van der Waals surface area (Å²) >= 11 is 0. The smallest absolute Gasteiger partial charge is 0.193 e. The molecule has 1 nitrogen and oxygen atoms in total. The van der Waals surface area contributed by atoms with E-state index in [9.17, 15) is 4.79 Å². The highest BCUT2D eigenvalue weighted by Crippen LogP contribution is 2.48. The molecule has 0 amide bonds. The number of carbonyl (C=O) groups is 1. The maximum Gasteiger partial charge on any atom is 0.193 e. The quantitative estimate of drug-likeness (QED) is 0.357. The summed E-state index contributed by atoms with van der Waals surface area (Å²) in [6.45, 7) is 4.47. The first-order chi connectivity index (χ1) is 14.1. The fourth-order valence-electron chi connectivity index (χ4n) is 4.46. The lowest BCUT2D eigenvalue weighted by molar-refractivity contribution is 0.103. The number of hydrogen-bond acceptors (Lipinski definition) is 1. The Bertz CT molecular complexity index is 1210. The number of carbonyl (C=O) groups excluding carboxylic acids is 1. The van der Waals surface area contributed by atoms with Crippen molar-refractivity contribution in [3.63, 3.8) is 0 Å². The van der Waals surface area contributed by atoms with Crippen molar-refractivity contribution in [1.82, 2.24) is 0 Å². The first-order valence-corrected chi connectivity index (χ1v) is 10.0. The zero-order valence-corrected chi connectivity index (χ0v) is 16.6. The van der Waals surface area contributed by atoms with E-state index in [1.165, 1.54) is 22.3 Å². The largest absolute Gasteiger partial charge is 0.289 e. The number of hydrogen-bond donors (Lipinski definition) is 0. The summed E-state index contributed by atoms with van der Waals surface area (Å²) in [5.41, 5.74) is 8.71. The highest BCUT2D eigenvalue weighted by atomic mass is 16.1. The zero-order valence-electron chi connectivity index (χ0n) is 16.6. The van der Waals surface area contributed by atoms with E-state index in [0.717, 1.165) is 22.3 Å². The molecule has 1 aliphatic carbocycles. The standard InChI is InChI=1S/C28H22O/c1-28(2)25-11-7-6-10-23(25)24-17-16-22(18-26(24)28)27(29)21-14-12-20(13-15-21)19-8-4-3-5-9-19/h3-18H,1-2H3. The Morgan fingerprint density at radius 2 is 1.17 bits per heavy atom. The predicted molar refractivity (Wildman–Crippen MR) is 119 cm³/mol. The molecular weight excluding hydrogens is 352 g/mol. The minimum atomic E-state index is -0.0978. The van der Waals surface area contributed by atoms with Crippen molar-refractivity contribution in [2.45, 2.75) is 19.3 Å². The van der Waals surface area contributed by atoms with E-state index < -0.39 is 0 Å². The summed E-state index contributed by atoms with van der Waals surface area (Å²) in [5, 5.41) is 0. The van der Waals surface area contributed by atoms with Gasteiger partial charge in [0.25, 0.3) is 0 Å². The molecule has 0 unspecified atom stereocenters. The molecule has 1 aliphatic rings. The highest BCUT2D eigenvalue weighted by Gasteiger charge is 2.35. The molecule has 0 radical (unpaired) electrons. The van der Waals surface area contributed by atoms with Gasteiger partial charge in [0.15, 0.2) is 5.78 Å². The normalized spacial score (nSPS) is 13.6. The van der Waals surface area contributed by atoms with Crippen LogP contribution in [0.4, 0.5) is 0 Å². The fourth-order valence-corrected chi connectivity index (χ4v) is 4.46. The predicted octanol–water partition coefficient (Wildman–Crippen LogP) is 6.89. The number of fused-ring (bicyclic) bond motifs is 3. The summed E-state index contributed by atoms with van der Waals surface area (Å²) in [7, 11) is 0. The van der Waals surface area contributed by atoms with Gasteiger partial charge in [0.1, 0.15) is 0 Å². The number of ketones is 1. The molecule has 0 aliphatic heterocycles. The third-order valence-corrected chi connectivity index (χ3v) is 6.10. The lowest BCUT2D eigenvalue weighted by Gasteiger charge is -2.21. The third-order valence-electron chi connectivity index (χ3n) is 6.10.